The minimum absolute atomic E-state index is 0.0608. The first kappa shape index (κ1) is 20.8. The summed E-state index contributed by atoms with van der Waals surface area (Å²) in [5, 5.41) is 4.90. The average molecular weight is 427 g/mol. The van der Waals surface area contributed by atoms with E-state index in [1.54, 1.807) is 0 Å². The van der Waals surface area contributed by atoms with Crippen molar-refractivity contribution in [3.05, 3.63) is 23.8 Å². The molecule has 0 aliphatic carbocycles. The van der Waals surface area contributed by atoms with Gasteiger partial charge in [0.25, 0.3) is 0 Å². The van der Waals surface area contributed by atoms with Crippen molar-refractivity contribution >= 4 is 16.7 Å². The van der Waals surface area contributed by atoms with Gasteiger partial charge in [0, 0.05) is 62.4 Å². The third-order valence-electron chi connectivity index (χ3n) is 6.76. The summed E-state index contributed by atoms with van der Waals surface area (Å²) in [4.78, 5) is 10.1. The Morgan fingerprint density at radius 3 is 2.61 bits per heavy atom. The van der Waals surface area contributed by atoms with Gasteiger partial charge in [0.1, 0.15) is 5.82 Å². The summed E-state index contributed by atoms with van der Waals surface area (Å²) in [6.45, 7) is 13.8. The summed E-state index contributed by atoms with van der Waals surface area (Å²) < 4.78 is 17.1. The number of ether oxygens (including phenoxy) is 3. The molecule has 0 saturated carbocycles. The molecule has 0 amide bonds. The fourth-order valence-corrected chi connectivity index (χ4v) is 4.94. The van der Waals surface area contributed by atoms with Gasteiger partial charge in [-0.3, -0.25) is 0 Å². The number of anilines is 1. The summed E-state index contributed by atoms with van der Waals surface area (Å²) in [7, 11) is 0. The van der Waals surface area contributed by atoms with Crippen LogP contribution in [0.15, 0.2) is 18.2 Å². The lowest BCUT2D eigenvalue weighted by Crippen LogP contribution is -2.47. The predicted octanol–water partition coefficient (Wildman–Crippen LogP) is 3.15. The van der Waals surface area contributed by atoms with E-state index in [-0.39, 0.29) is 12.4 Å². The predicted molar refractivity (Wildman–Crippen MR) is 122 cm³/mol. The zero-order chi connectivity index (χ0) is 21.4. The van der Waals surface area contributed by atoms with E-state index in [1.165, 1.54) is 5.56 Å². The molecule has 0 spiro atoms. The number of fused-ring (bicyclic) bond motifs is 2. The van der Waals surface area contributed by atoms with E-state index in [9.17, 15) is 0 Å². The van der Waals surface area contributed by atoms with Crippen molar-refractivity contribution in [1.29, 1.82) is 0 Å². The Balaban J connectivity index is 1.43. The number of nitrogens with one attached hydrogen (secondary N) is 1. The molecule has 5 rings (SSSR count). The molecule has 1 aromatic heterocycles. The molecular weight excluding hydrogens is 392 g/mol. The lowest BCUT2D eigenvalue weighted by molar-refractivity contribution is -0.0630. The lowest BCUT2D eigenvalue weighted by atomic mass is 9.94. The molecule has 7 nitrogen and oxygen atoms in total. The van der Waals surface area contributed by atoms with Crippen molar-refractivity contribution in [3.63, 3.8) is 0 Å². The second-order valence-electron chi connectivity index (χ2n) is 9.47. The smallest absolute Gasteiger partial charge is 0.231 e. The molecule has 4 heterocycles. The maximum atomic E-state index is 5.90. The first-order valence-electron chi connectivity index (χ1n) is 11.6. The minimum atomic E-state index is -0.0608. The highest BCUT2D eigenvalue weighted by Gasteiger charge is 2.29. The van der Waals surface area contributed by atoms with E-state index in [0.717, 1.165) is 86.9 Å². The molecule has 1 unspecified atom stereocenters. The third kappa shape index (κ3) is 4.45. The van der Waals surface area contributed by atoms with Crippen LogP contribution in [0.25, 0.3) is 10.9 Å². The highest BCUT2D eigenvalue weighted by Crippen LogP contribution is 2.37. The number of aromatic nitrogens is 1. The number of pyridine rings is 1. The fraction of sp³-hybridized carbons (Fsp3) is 0.625. The van der Waals surface area contributed by atoms with Crippen molar-refractivity contribution in [2.45, 2.75) is 51.8 Å². The number of hydrogen-bond acceptors (Lipinski definition) is 7. The first-order valence-corrected chi connectivity index (χ1v) is 11.6. The summed E-state index contributed by atoms with van der Waals surface area (Å²) in [5.41, 5.74) is 2.16. The number of nitrogens with zero attached hydrogens (tertiary/aromatic N) is 3. The van der Waals surface area contributed by atoms with Gasteiger partial charge in [-0.1, -0.05) is 6.92 Å². The van der Waals surface area contributed by atoms with Crippen LogP contribution in [0.3, 0.4) is 0 Å². The molecule has 7 heteroatoms. The number of piperazine rings is 1. The summed E-state index contributed by atoms with van der Waals surface area (Å²) >= 11 is 0. The summed E-state index contributed by atoms with van der Waals surface area (Å²) in [5.74, 6) is 2.70. The zero-order valence-corrected chi connectivity index (χ0v) is 18.9. The van der Waals surface area contributed by atoms with E-state index in [4.69, 9.17) is 19.2 Å². The maximum absolute atomic E-state index is 5.90. The van der Waals surface area contributed by atoms with Crippen LogP contribution in [-0.4, -0.2) is 67.7 Å². The highest BCUT2D eigenvalue weighted by molar-refractivity contribution is 5.85. The van der Waals surface area contributed by atoms with Crippen LogP contribution >= 0.6 is 0 Å². The topological polar surface area (TPSA) is 59.1 Å². The molecule has 1 N–H and O–H groups in total. The number of benzene rings is 1. The van der Waals surface area contributed by atoms with Crippen LogP contribution in [0.2, 0.25) is 0 Å². The van der Waals surface area contributed by atoms with E-state index < -0.39 is 0 Å². The molecule has 3 aliphatic heterocycles. The van der Waals surface area contributed by atoms with Crippen LogP contribution in [-0.2, 0) is 11.3 Å². The van der Waals surface area contributed by atoms with Gasteiger partial charge in [-0.05, 0) is 45.4 Å². The molecule has 31 heavy (non-hydrogen) atoms. The van der Waals surface area contributed by atoms with Crippen LogP contribution < -0.4 is 19.7 Å². The largest absolute Gasteiger partial charge is 0.454 e. The van der Waals surface area contributed by atoms with Gasteiger partial charge in [-0.2, -0.15) is 0 Å². The van der Waals surface area contributed by atoms with E-state index >= 15 is 0 Å². The minimum Gasteiger partial charge on any atom is -0.454 e. The van der Waals surface area contributed by atoms with Crippen LogP contribution in [0.5, 0.6) is 11.5 Å². The van der Waals surface area contributed by atoms with Gasteiger partial charge in [0.2, 0.25) is 6.79 Å². The van der Waals surface area contributed by atoms with Crippen LogP contribution in [0.4, 0.5) is 5.82 Å². The Morgan fingerprint density at radius 2 is 1.87 bits per heavy atom. The number of hydrogen-bond donors (Lipinski definition) is 1. The highest BCUT2D eigenvalue weighted by atomic mass is 16.7. The second-order valence-corrected chi connectivity index (χ2v) is 9.47. The maximum Gasteiger partial charge on any atom is 0.231 e. The zero-order valence-electron chi connectivity index (χ0n) is 18.9. The Hall–Kier alpha value is -2.09. The van der Waals surface area contributed by atoms with Crippen LogP contribution in [0.1, 0.15) is 39.2 Å². The molecule has 2 saturated heterocycles. The van der Waals surface area contributed by atoms with Crippen molar-refractivity contribution in [3.8, 4) is 11.5 Å². The monoisotopic (exact) mass is 426 g/mol. The Bertz CT molecular complexity index is 940. The number of likely N-dealkylation sites (N-methyl/N-ethyl adjacent to an activating group) is 1. The van der Waals surface area contributed by atoms with Gasteiger partial charge in [-0.15, -0.1) is 0 Å². The number of rotatable bonds is 5. The van der Waals surface area contributed by atoms with Gasteiger partial charge in [0.15, 0.2) is 11.5 Å². The molecule has 1 atom stereocenters. The SMILES string of the molecule is CCN1CCN(c2nc3cc4c(cc3cc2CNC2CCOC(C)(C)C2)OCO4)CC1. The fourth-order valence-electron chi connectivity index (χ4n) is 4.94. The van der Waals surface area contributed by atoms with E-state index in [1.807, 2.05) is 6.07 Å². The first-order chi connectivity index (χ1) is 15.0. The second kappa shape index (κ2) is 8.45. The summed E-state index contributed by atoms with van der Waals surface area (Å²) in [6.07, 6.45) is 2.07. The van der Waals surface area contributed by atoms with Gasteiger partial charge in [0.05, 0.1) is 11.1 Å². The standard InChI is InChI=1S/C24H34N4O3/c1-4-27-6-8-28(9-7-27)23-18(15-25-19-5-10-31-24(2,3)14-19)11-17-12-21-22(30-16-29-21)13-20(17)26-23/h11-13,19,25H,4-10,14-16H2,1-3H3. The molecular formula is C24H34N4O3. The Labute approximate surface area is 184 Å². The molecule has 168 valence electrons. The van der Waals surface area contributed by atoms with Crippen molar-refractivity contribution in [2.75, 3.05) is 51.0 Å². The Morgan fingerprint density at radius 1 is 1.10 bits per heavy atom. The van der Waals surface area contributed by atoms with Gasteiger partial charge in [-0.25, -0.2) is 4.98 Å². The quantitative estimate of drug-likeness (QED) is 0.788. The van der Waals surface area contributed by atoms with Gasteiger partial charge < -0.3 is 29.3 Å². The molecule has 1 aromatic carbocycles. The molecule has 3 aliphatic rings. The third-order valence-corrected chi connectivity index (χ3v) is 6.76. The van der Waals surface area contributed by atoms with Crippen LogP contribution in [0, 0.1) is 0 Å². The van der Waals surface area contributed by atoms with E-state index in [0.29, 0.717) is 6.04 Å². The van der Waals surface area contributed by atoms with Gasteiger partial charge >= 0.3 is 0 Å². The van der Waals surface area contributed by atoms with E-state index in [2.05, 4.69) is 48.0 Å². The average Bonchev–Trinajstić information content (AvgIpc) is 3.22. The van der Waals surface area contributed by atoms with Crippen molar-refractivity contribution < 1.29 is 14.2 Å². The van der Waals surface area contributed by atoms with Crippen molar-refractivity contribution in [2.24, 2.45) is 0 Å². The normalized spacial score (nSPS) is 23.5. The molecule has 0 radical (unpaired) electrons. The molecule has 2 aromatic rings. The molecule has 0 bridgehead atoms. The Kier molecular flexibility index (Phi) is 5.67. The summed E-state index contributed by atoms with van der Waals surface area (Å²) in [6, 6.07) is 6.82. The lowest BCUT2D eigenvalue weighted by Gasteiger charge is -2.37. The van der Waals surface area contributed by atoms with Crippen molar-refractivity contribution in [1.82, 2.24) is 15.2 Å². The molecule has 2 fully saturated rings.